The molecule has 22 heavy (non-hydrogen) atoms. The van der Waals surface area contributed by atoms with Gasteiger partial charge in [-0.1, -0.05) is 25.5 Å². The number of nitrogens with zero attached hydrogens (tertiary/aromatic N) is 1. The Morgan fingerprint density at radius 2 is 2.05 bits per heavy atom. The Labute approximate surface area is 129 Å². The normalized spacial score (nSPS) is 11.0. The molecule has 0 bridgehead atoms. The van der Waals surface area contributed by atoms with Crippen LogP contribution in [-0.2, 0) is 16.1 Å². The van der Waals surface area contributed by atoms with Gasteiger partial charge in [-0.05, 0) is 25.0 Å². The maximum Gasteiger partial charge on any atom is 0.420 e. The summed E-state index contributed by atoms with van der Waals surface area (Å²) in [5, 5.41) is 2.78. The molecular weight excluding hydrogens is 284 g/mol. The molecule has 6 heteroatoms. The molecular formula is C16H22N2O4. The average molecular weight is 306 g/mol. The van der Waals surface area contributed by atoms with E-state index in [9.17, 15) is 9.59 Å². The zero-order chi connectivity index (χ0) is 15.8. The van der Waals surface area contributed by atoms with Crippen molar-refractivity contribution in [2.45, 2.75) is 32.7 Å². The third kappa shape index (κ3) is 4.46. The highest BCUT2D eigenvalue weighted by Gasteiger charge is 2.11. The van der Waals surface area contributed by atoms with E-state index in [0.29, 0.717) is 24.3 Å². The number of fused-ring (bicyclic) bond motifs is 1. The first-order valence-corrected chi connectivity index (χ1v) is 7.65. The maximum absolute atomic E-state index is 11.9. The van der Waals surface area contributed by atoms with Crippen molar-refractivity contribution < 1.29 is 13.9 Å². The minimum absolute atomic E-state index is 0.0352. The van der Waals surface area contributed by atoms with E-state index in [2.05, 4.69) is 12.2 Å². The zero-order valence-electron chi connectivity index (χ0n) is 12.8. The highest BCUT2D eigenvalue weighted by molar-refractivity contribution is 5.79. The van der Waals surface area contributed by atoms with Crippen molar-refractivity contribution in [3.63, 3.8) is 0 Å². The molecule has 1 heterocycles. The molecule has 0 aliphatic carbocycles. The topological polar surface area (TPSA) is 73.5 Å². The van der Waals surface area contributed by atoms with Gasteiger partial charge in [0.05, 0.1) is 5.52 Å². The lowest BCUT2D eigenvalue weighted by Crippen LogP contribution is -2.31. The van der Waals surface area contributed by atoms with E-state index in [1.807, 2.05) is 0 Å². The lowest BCUT2D eigenvalue weighted by atomic mass is 10.3. The molecule has 2 aromatic rings. The predicted octanol–water partition coefficient (Wildman–Crippen LogP) is 1.92. The molecule has 1 aromatic heterocycles. The summed E-state index contributed by atoms with van der Waals surface area (Å²) in [4.78, 5) is 23.6. The SMILES string of the molecule is CCCCOCCCNC(=O)Cn1c(=O)oc2ccccc21. The van der Waals surface area contributed by atoms with Crippen LogP contribution in [0, 0.1) is 0 Å². The van der Waals surface area contributed by atoms with Gasteiger partial charge in [0.1, 0.15) is 6.54 Å². The molecule has 0 aliphatic rings. The van der Waals surface area contributed by atoms with Gasteiger partial charge in [0.15, 0.2) is 5.58 Å². The molecule has 0 radical (unpaired) electrons. The molecule has 0 atom stereocenters. The van der Waals surface area contributed by atoms with Gasteiger partial charge in [0.2, 0.25) is 5.91 Å². The lowest BCUT2D eigenvalue weighted by Gasteiger charge is -2.06. The monoisotopic (exact) mass is 306 g/mol. The van der Waals surface area contributed by atoms with Crippen LogP contribution in [-0.4, -0.2) is 30.2 Å². The van der Waals surface area contributed by atoms with Crippen molar-refractivity contribution in [2.24, 2.45) is 0 Å². The number of unbranched alkanes of at least 4 members (excludes halogenated alkanes) is 1. The molecule has 1 aromatic carbocycles. The van der Waals surface area contributed by atoms with E-state index in [4.69, 9.17) is 9.15 Å². The van der Waals surface area contributed by atoms with Crippen molar-refractivity contribution in [2.75, 3.05) is 19.8 Å². The van der Waals surface area contributed by atoms with Crippen LogP contribution in [0.5, 0.6) is 0 Å². The Kier molecular flexibility index (Phi) is 6.21. The van der Waals surface area contributed by atoms with Gasteiger partial charge in [-0.2, -0.15) is 0 Å². The summed E-state index contributed by atoms with van der Waals surface area (Å²) in [5.74, 6) is -0.721. The maximum atomic E-state index is 11.9. The van der Waals surface area contributed by atoms with Crippen molar-refractivity contribution in [1.82, 2.24) is 9.88 Å². The summed E-state index contributed by atoms with van der Waals surface area (Å²) in [6, 6.07) is 7.06. The van der Waals surface area contributed by atoms with Gasteiger partial charge in [-0.25, -0.2) is 4.79 Å². The van der Waals surface area contributed by atoms with Gasteiger partial charge >= 0.3 is 5.76 Å². The molecule has 6 nitrogen and oxygen atoms in total. The molecule has 0 unspecified atom stereocenters. The number of hydrogen-bond donors (Lipinski definition) is 1. The molecule has 0 saturated heterocycles. The fraction of sp³-hybridized carbons (Fsp3) is 0.500. The van der Waals surface area contributed by atoms with Gasteiger partial charge in [0.25, 0.3) is 0 Å². The van der Waals surface area contributed by atoms with Crippen molar-refractivity contribution in [3.8, 4) is 0 Å². The Balaban J connectivity index is 1.77. The van der Waals surface area contributed by atoms with E-state index in [1.165, 1.54) is 4.57 Å². The van der Waals surface area contributed by atoms with Crippen LogP contribution in [0.3, 0.4) is 0 Å². The number of para-hydroxylation sites is 2. The summed E-state index contributed by atoms with van der Waals surface area (Å²) >= 11 is 0. The number of aromatic nitrogens is 1. The Morgan fingerprint density at radius 3 is 2.86 bits per heavy atom. The molecule has 0 spiro atoms. The van der Waals surface area contributed by atoms with E-state index >= 15 is 0 Å². The summed E-state index contributed by atoms with van der Waals surface area (Å²) in [6.45, 7) is 4.02. The van der Waals surface area contributed by atoms with Crippen LogP contribution in [0.4, 0.5) is 0 Å². The van der Waals surface area contributed by atoms with Gasteiger partial charge in [0, 0.05) is 19.8 Å². The third-order valence-corrected chi connectivity index (χ3v) is 3.31. The molecule has 0 saturated carbocycles. The molecule has 120 valence electrons. The first-order valence-electron chi connectivity index (χ1n) is 7.65. The molecule has 0 aliphatic heterocycles. The molecule has 2 rings (SSSR count). The number of rotatable bonds is 9. The number of oxazole rings is 1. The summed E-state index contributed by atoms with van der Waals surface area (Å²) in [7, 11) is 0. The van der Waals surface area contributed by atoms with Crippen LogP contribution in [0.25, 0.3) is 11.1 Å². The number of ether oxygens (including phenoxy) is 1. The minimum Gasteiger partial charge on any atom is -0.408 e. The van der Waals surface area contributed by atoms with E-state index in [1.54, 1.807) is 24.3 Å². The van der Waals surface area contributed by atoms with E-state index in [-0.39, 0.29) is 12.5 Å². The average Bonchev–Trinajstić information content (AvgIpc) is 2.82. The van der Waals surface area contributed by atoms with Crippen LogP contribution >= 0.6 is 0 Å². The fourth-order valence-corrected chi connectivity index (χ4v) is 2.11. The van der Waals surface area contributed by atoms with Gasteiger partial charge in [-0.3, -0.25) is 9.36 Å². The smallest absolute Gasteiger partial charge is 0.408 e. The Bertz CT molecular complexity index is 659. The third-order valence-electron chi connectivity index (χ3n) is 3.31. The standard InChI is InChI=1S/C16H22N2O4/c1-2-3-10-21-11-6-9-17-15(19)12-18-13-7-4-5-8-14(13)22-16(18)20/h4-5,7-8H,2-3,6,9-12H2,1H3,(H,17,19). The highest BCUT2D eigenvalue weighted by atomic mass is 16.5. The number of carbonyl (C=O) groups excluding carboxylic acids is 1. The first-order chi connectivity index (χ1) is 10.7. The fourth-order valence-electron chi connectivity index (χ4n) is 2.11. The summed E-state index contributed by atoms with van der Waals surface area (Å²) < 4.78 is 11.8. The number of benzene rings is 1. The number of amides is 1. The van der Waals surface area contributed by atoms with E-state index in [0.717, 1.165) is 25.9 Å². The zero-order valence-corrected chi connectivity index (χ0v) is 12.8. The van der Waals surface area contributed by atoms with Crippen LogP contribution in [0.1, 0.15) is 26.2 Å². The van der Waals surface area contributed by atoms with E-state index < -0.39 is 5.76 Å². The van der Waals surface area contributed by atoms with Gasteiger partial charge in [-0.15, -0.1) is 0 Å². The number of hydrogen-bond acceptors (Lipinski definition) is 4. The van der Waals surface area contributed by atoms with Crippen molar-refractivity contribution in [1.29, 1.82) is 0 Å². The summed E-state index contributed by atoms with van der Waals surface area (Å²) in [6.07, 6.45) is 2.93. The van der Waals surface area contributed by atoms with Crippen molar-refractivity contribution >= 4 is 17.0 Å². The molecule has 0 fully saturated rings. The highest BCUT2D eigenvalue weighted by Crippen LogP contribution is 2.11. The number of carbonyl (C=O) groups is 1. The quantitative estimate of drug-likeness (QED) is 0.718. The van der Waals surface area contributed by atoms with Gasteiger partial charge < -0.3 is 14.5 Å². The Hall–Kier alpha value is -2.08. The second-order valence-corrected chi connectivity index (χ2v) is 5.09. The minimum atomic E-state index is -0.515. The largest absolute Gasteiger partial charge is 0.420 e. The second kappa shape index (κ2) is 8.38. The summed E-state index contributed by atoms with van der Waals surface area (Å²) in [5.41, 5.74) is 1.12. The van der Waals surface area contributed by atoms with Crippen LogP contribution < -0.4 is 11.1 Å². The van der Waals surface area contributed by atoms with Crippen LogP contribution in [0.2, 0.25) is 0 Å². The molecule has 1 N–H and O–H groups in total. The second-order valence-electron chi connectivity index (χ2n) is 5.09. The van der Waals surface area contributed by atoms with Crippen molar-refractivity contribution in [3.05, 3.63) is 34.8 Å². The molecule has 1 amide bonds. The Morgan fingerprint density at radius 1 is 1.27 bits per heavy atom. The number of nitrogens with one attached hydrogen (secondary N) is 1. The lowest BCUT2D eigenvalue weighted by molar-refractivity contribution is -0.121. The van der Waals surface area contributed by atoms with Crippen LogP contribution in [0.15, 0.2) is 33.5 Å². The predicted molar refractivity (Wildman–Crippen MR) is 83.8 cm³/mol. The first kappa shape index (κ1) is 16.3.